The van der Waals surface area contributed by atoms with Crippen molar-refractivity contribution >= 4 is 21.8 Å². The SMILES string of the molecule is CCN(CC(C)C)S(=O)(=O)N1CCCC(CCl)C1. The zero-order valence-corrected chi connectivity index (χ0v) is 13.2. The van der Waals surface area contributed by atoms with Crippen LogP contribution in [-0.4, -0.2) is 49.1 Å². The third-order valence-corrected chi connectivity index (χ3v) is 5.75. The van der Waals surface area contributed by atoms with Crippen molar-refractivity contribution in [2.24, 2.45) is 11.8 Å². The van der Waals surface area contributed by atoms with Crippen molar-refractivity contribution in [2.45, 2.75) is 33.6 Å². The molecule has 1 aliphatic heterocycles. The van der Waals surface area contributed by atoms with Crippen molar-refractivity contribution in [2.75, 3.05) is 32.1 Å². The van der Waals surface area contributed by atoms with Crippen molar-refractivity contribution < 1.29 is 8.42 Å². The largest absolute Gasteiger partial charge is 0.281 e. The molecule has 1 fully saturated rings. The van der Waals surface area contributed by atoms with Crippen LogP contribution in [-0.2, 0) is 10.2 Å². The topological polar surface area (TPSA) is 40.6 Å². The predicted molar refractivity (Wildman–Crippen MR) is 76.0 cm³/mol. The fourth-order valence-corrected chi connectivity index (χ4v) is 4.47. The quantitative estimate of drug-likeness (QED) is 0.705. The summed E-state index contributed by atoms with van der Waals surface area (Å²) >= 11 is 5.86. The van der Waals surface area contributed by atoms with E-state index in [4.69, 9.17) is 11.6 Å². The van der Waals surface area contributed by atoms with E-state index >= 15 is 0 Å². The van der Waals surface area contributed by atoms with Crippen LogP contribution in [0.4, 0.5) is 0 Å². The molecular weight excluding hydrogens is 272 g/mol. The third-order valence-electron chi connectivity index (χ3n) is 3.27. The number of alkyl halides is 1. The monoisotopic (exact) mass is 296 g/mol. The third kappa shape index (κ3) is 4.08. The number of halogens is 1. The molecular formula is C12H25ClN2O2S. The number of rotatable bonds is 6. The maximum atomic E-state index is 12.5. The lowest BCUT2D eigenvalue weighted by Gasteiger charge is -2.35. The van der Waals surface area contributed by atoms with Crippen molar-refractivity contribution in [1.29, 1.82) is 0 Å². The minimum absolute atomic E-state index is 0.299. The molecule has 0 aliphatic carbocycles. The van der Waals surface area contributed by atoms with Crippen LogP contribution in [0.1, 0.15) is 33.6 Å². The van der Waals surface area contributed by atoms with Crippen molar-refractivity contribution in [1.82, 2.24) is 8.61 Å². The molecule has 0 N–H and O–H groups in total. The van der Waals surface area contributed by atoms with Crippen LogP contribution >= 0.6 is 11.6 Å². The first kappa shape index (κ1) is 16.2. The minimum Gasteiger partial charge on any atom is -0.195 e. The van der Waals surface area contributed by atoms with Gasteiger partial charge in [-0.05, 0) is 24.7 Å². The van der Waals surface area contributed by atoms with Gasteiger partial charge in [-0.1, -0.05) is 20.8 Å². The van der Waals surface area contributed by atoms with Gasteiger partial charge < -0.3 is 0 Å². The smallest absolute Gasteiger partial charge is 0.195 e. The highest BCUT2D eigenvalue weighted by molar-refractivity contribution is 7.86. The van der Waals surface area contributed by atoms with Gasteiger partial charge in [0.1, 0.15) is 0 Å². The Morgan fingerprint density at radius 2 is 2.11 bits per heavy atom. The molecule has 0 spiro atoms. The second-order valence-corrected chi connectivity index (χ2v) is 7.61. The molecule has 0 aromatic rings. The Morgan fingerprint density at radius 3 is 2.61 bits per heavy atom. The Balaban J connectivity index is 2.77. The van der Waals surface area contributed by atoms with E-state index in [9.17, 15) is 8.42 Å². The molecule has 1 heterocycles. The van der Waals surface area contributed by atoms with Gasteiger partial charge in [0.05, 0.1) is 0 Å². The van der Waals surface area contributed by atoms with Gasteiger partial charge in [-0.15, -0.1) is 11.6 Å². The summed E-state index contributed by atoms with van der Waals surface area (Å²) in [5.41, 5.74) is 0. The zero-order valence-electron chi connectivity index (χ0n) is 11.6. The van der Waals surface area contributed by atoms with Gasteiger partial charge in [-0.25, -0.2) is 0 Å². The fourth-order valence-electron chi connectivity index (χ4n) is 2.32. The summed E-state index contributed by atoms with van der Waals surface area (Å²) in [5.74, 6) is 1.18. The van der Waals surface area contributed by atoms with Gasteiger partial charge in [-0.3, -0.25) is 0 Å². The maximum Gasteiger partial charge on any atom is 0.281 e. The standard InChI is InChI=1S/C12H25ClN2O2S/c1-4-14(9-11(2)3)18(16,17)15-7-5-6-12(8-13)10-15/h11-12H,4-10H2,1-3H3. The molecule has 0 aromatic carbocycles. The number of hydrogen-bond acceptors (Lipinski definition) is 2. The molecule has 1 unspecified atom stereocenters. The molecule has 6 heteroatoms. The van der Waals surface area contributed by atoms with E-state index in [0.717, 1.165) is 12.8 Å². The van der Waals surface area contributed by atoms with Gasteiger partial charge in [0.25, 0.3) is 10.2 Å². The molecule has 0 bridgehead atoms. The Labute approximate surface area is 116 Å². The first-order valence-electron chi connectivity index (χ1n) is 6.73. The van der Waals surface area contributed by atoms with E-state index in [0.29, 0.717) is 43.9 Å². The van der Waals surface area contributed by atoms with E-state index in [1.165, 1.54) is 0 Å². The predicted octanol–water partition coefficient (Wildman–Crippen LogP) is 2.16. The second-order valence-electron chi connectivity index (χ2n) is 5.37. The minimum atomic E-state index is -3.30. The van der Waals surface area contributed by atoms with Crippen molar-refractivity contribution in [3.63, 3.8) is 0 Å². The lowest BCUT2D eigenvalue weighted by molar-refractivity contribution is 0.255. The molecule has 0 amide bonds. The summed E-state index contributed by atoms with van der Waals surface area (Å²) < 4.78 is 28.2. The molecule has 1 atom stereocenters. The van der Waals surface area contributed by atoms with Gasteiger partial charge in [0.2, 0.25) is 0 Å². The Hall–Kier alpha value is 0.160. The van der Waals surface area contributed by atoms with Crippen LogP contribution in [0.25, 0.3) is 0 Å². The van der Waals surface area contributed by atoms with Gasteiger partial charge in [0, 0.05) is 32.1 Å². The molecule has 1 aliphatic rings. The average molecular weight is 297 g/mol. The Morgan fingerprint density at radius 1 is 1.44 bits per heavy atom. The summed E-state index contributed by atoms with van der Waals surface area (Å²) in [6.45, 7) is 8.28. The van der Waals surface area contributed by atoms with Crippen LogP contribution in [0.15, 0.2) is 0 Å². The highest BCUT2D eigenvalue weighted by atomic mass is 35.5. The molecule has 0 radical (unpaired) electrons. The molecule has 0 aromatic heterocycles. The maximum absolute atomic E-state index is 12.5. The number of hydrogen-bond donors (Lipinski definition) is 0. The van der Waals surface area contributed by atoms with Crippen LogP contribution in [0, 0.1) is 11.8 Å². The summed E-state index contributed by atoms with van der Waals surface area (Å²) in [4.78, 5) is 0. The molecule has 4 nitrogen and oxygen atoms in total. The lowest BCUT2D eigenvalue weighted by atomic mass is 10.0. The van der Waals surface area contributed by atoms with Crippen molar-refractivity contribution in [3.05, 3.63) is 0 Å². The second kappa shape index (κ2) is 7.08. The van der Waals surface area contributed by atoms with Gasteiger partial charge in [-0.2, -0.15) is 17.0 Å². The Bertz CT molecular complexity index is 346. The van der Waals surface area contributed by atoms with Crippen LogP contribution in [0.2, 0.25) is 0 Å². The molecule has 1 rings (SSSR count). The normalized spacial score (nSPS) is 22.9. The fraction of sp³-hybridized carbons (Fsp3) is 1.00. The van der Waals surface area contributed by atoms with E-state index in [2.05, 4.69) is 0 Å². The molecule has 108 valence electrons. The molecule has 0 saturated carbocycles. The zero-order chi connectivity index (χ0) is 13.8. The number of nitrogens with zero attached hydrogens (tertiary/aromatic N) is 2. The number of piperidine rings is 1. The summed E-state index contributed by atoms with van der Waals surface area (Å²) in [6, 6.07) is 0. The molecule has 18 heavy (non-hydrogen) atoms. The first-order chi connectivity index (χ1) is 8.41. The van der Waals surface area contributed by atoms with E-state index < -0.39 is 10.2 Å². The summed E-state index contributed by atoms with van der Waals surface area (Å²) in [5, 5.41) is 0. The van der Waals surface area contributed by atoms with Crippen molar-refractivity contribution in [3.8, 4) is 0 Å². The van der Waals surface area contributed by atoms with Gasteiger partial charge in [0.15, 0.2) is 0 Å². The van der Waals surface area contributed by atoms with E-state index in [1.807, 2.05) is 20.8 Å². The van der Waals surface area contributed by atoms with E-state index in [-0.39, 0.29) is 0 Å². The van der Waals surface area contributed by atoms with Gasteiger partial charge >= 0.3 is 0 Å². The Kier molecular flexibility index (Phi) is 6.38. The summed E-state index contributed by atoms with van der Waals surface area (Å²) in [7, 11) is -3.30. The average Bonchev–Trinajstić information content (AvgIpc) is 2.35. The van der Waals surface area contributed by atoms with Crippen LogP contribution in [0.5, 0.6) is 0 Å². The van der Waals surface area contributed by atoms with Crippen LogP contribution < -0.4 is 0 Å². The van der Waals surface area contributed by atoms with Crippen LogP contribution in [0.3, 0.4) is 0 Å². The highest BCUT2D eigenvalue weighted by Crippen LogP contribution is 2.22. The molecule has 1 saturated heterocycles. The summed E-state index contributed by atoms with van der Waals surface area (Å²) in [6.07, 6.45) is 1.95. The first-order valence-corrected chi connectivity index (χ1v) is 8.66. The highest BCUT2D eigenvalue weighted by Gasteiger charge is 2.32. The lowest BCUT2D eigenvalue weighted by Crippen LogP contribution is -2.49. The van der Waals surface area contributed by atoms with E-state index in [1.54, 1.807) is 8.61 Å².